The van der Waals surface area contributed by atoms with Gasteiger partial charge < -0.3 is 5.02 Å². The maximum atomic E-state index is 10.1. The van der Waals surface area contributed by atoms with E-state index in [-0.39, 0.29) is 5.41 Å². The molecule has 0 heterocycles. The lowest BCUT2D eigenvalue weighted by molar-refractivity contribution is 0.614. The van der Waals surface area contributed by atoms with Gasteiger partial charge in [-0.05, 0) is 50.0 Å². The fraction of sp³-hybridized carbons (Fsp3) is 0.0400. The molecular weight excluding hydrogens is 327 g/mol. The summed E-state index contributed by atoms with van der Waals surface area (Å²) in [7, 11) is 1.26. The van der Waals surface area contributed by atoms with Gasteiger partial charge in [-0.15, -0.1) is 0 Å². The third-order valence-electron chi connectivity index (χ3n) is 6.18. The first-order valence-corrected chi connectivity index (χ1v) is 9.27. The van der Waals surface area contributed by atoms with Gasteiger partial charge in [-0.2, -0.15) is 0 Å². The number of hydrogen-bond acceptors (Lipinski definition) is 1. The van der Waals surface area contributed by atoms with Crippen molar-refractivity contribution in [1.29, 1.82) is 0 Å². The summed E-state index contributed by atoms with van der Waals surface area (Å²) in [4.78, 5) is 0. The maximum Gasteiger partial charge on any atom is 0.327 e. The Labute approximate surface area is 159 Å². The van der Waals surface area contributed by atoms with E-state index in [0.717, 1.165) is 5.46 Å². The highest BCUT2D eigenvalue weighted by Gasteiger charge is 2.52. The van der Waals surface area contributed by atoms with Crippen molar-refractivity contribution in [3.05, 3.63) is 113 Å². The fourth-order valence-electron chi connectivity index (χ4n) is 5.29. The van der Waals surface area contributed by atoms with Gasteiger partial charge in [0, 0.05) is 0 Å². The van der Waals surface area contributed by atoms with Gasteiger partial charge in [0.15, 0.2) is 0 Å². The minimum Gasteiger partial charge on any atom is -0.450 e. The summed E-state index contributed by atoms with van der Waals surface area (Å²) in [5, 5.41) is 10.1. The normalized spacial score (nSPS) is 14.4. The Balaban J connectivity index is 1.89. The van der Waals surface area contributed by atoms with Gasteiger partial charge in [-0.25, -0.2) is 0 Å². The Hall–Kier alpha value is -3.10. The summed E-state index contributed by atoms with van der Waals surface area (Å²) in [5.41, 5.74) is 10.6. The minimum atomic E-state index is -0.380. The molecule has 0 bridgehead atoms. The van der Waals surface area contributed by atoms with E-state index in [1.807, 2.05) is 12.1 Å². The van der Waals surface area contributed by atoms with Crippen LogP contribution in [0.25, 0.3) is 22.3 Å². The van der Waals surface area contributed by atoms with E-state index >= 15 is 0 Å². The summed E-state index contributed by atoms with van der Waals surface area (Å²) in [6.07, 6.45) is 0. The summed E-state index contributed by atoms with van der Waals surface area (Å²) in [6, 6.07) is 32.3. The van der Waals surface area contributed by atoms with Crippen LogP contribution in [0, 0.1) is 0 Å². The lowest BCUT2D eigenvalue weighted by Crippen LogP contribution is -2.34. The van der Waals surface area contributed by atoms with E-state index in [1.54, 1.807) is 0 Å². The molecule has 0 fully saturated rings. The van der Waals surface area contributed by atoms with Crippen LogP contribution in [0.2, 0.25) is 0 Å². The molecule has 6 rings (SSSR count). The van der Waals surface area contributed by atoms with Crippen LogP contribution in [0.1, 0.15) is 22.3 Å². The zero-order valence-corrected chi connectivity index (χ0v) is 14.7. The second-order valence-corrected chi connectivity index (χ2v) is 7.29. The third-order valence-corrected chi connectivity index (χ3v) is 6.18. The quantitative estimate of drug-likeness (QED) is 0.442. The van der Waals surface area contributed by atoms with Crippen LogP contribution in [0.4, 0.5) is 0 Å². The smallest absolute Gasteiger partial charge is 0.327 e. The van der Waals surface area contributed by atoms with Crippen molar-refractivity contribution in [3.8, 4) is 22.3 Å². The second kappa shape index (κ2) is 5.22. The number of rotatable bonds is 1. The van der Waals surface area contributed by atoms with Crippen LogP contribution in [0.3, 0.4) is 0 Å². The summed E-state index contributed by atoms with van der Waals surface area (Å²) in [5.74, 6) is 0. The molecule has 1 N–H and O–H groups in total. The van der Waals surface area contributed by atoms with Crippen molar-refractivity contribution in [2.75, 3.05) is 0 Å². The Bertz CT molecular complexity index is 1160. The third kappa shape index (κ3) is 1.65. The van der Waals surface area contributed by atoms with E-state index in [1.165, 1.54) is 52.0 Å². The Kier molecular flexibility index (Phi) is 2.90. The zero-order valence-electron chi connectivity index (χ0n) is 14.7. The molecule has 0 saturated carbocycles. The molecule has 2 aliphatic rings. The lowest BCUT2D eigenvalue weighted by Gasteiger charge is -2.31. The highest BCUT2D eigenvalue weighted by Crippen LogP contribution is 2.61. The van der Waals surface area contributed by atoms with E-state index in [0.29, 0.717) is 0 Å². The molecule has 1 spiro atoms. The van der Waals surface area contributed by atoms with E-state index in [2.05, 4.69) is 78.9 Å². The van der Waals surface area contributed by atoms with Crippen molar-refractivity contribution in [3.63, 3.8) is 0 Å². The Morgan fingerprint density at radius 3 is 1.48 bits per heavy atom. The molecule has 0 aliphatic heterocycles. The number of hydrogen-bond donors (Lipinski definition) is 1. The predicted octanol–water partition coefficient (Wildman–Crippen LogP) is 4.27. The summed E-state index contributed by atoms with van der Waals surface area (Å²) < 4.78 is 0. The van der Waals surface area contributed by atoms with Crippen LogP contribution in [0.15, 0.2) is 91.0 Å². The van der Waals surface area contributed by atoms with Gasteiger partial charge in [0.2, 0.25) is 0 Å². The monoisotopic (exact) mass is 343 g/mol. The highest BCUT2D eigenvalue weighted by molar-refractivity contribution is 6.47. The molecule has 125 valence electrons. The molecule has 1 nitrogen and oxygen atoms in total. The average molecular weight is 343 g/mol. The predicted molar refractivity (Wildman–Crippen MR) is 110 cm³/mol. The van der Waals surface area contributed by atoms with Gasteiger partial charge in [0.25, 0.3) is 0 Å². The molecule has 0 saturated heterocycles. The van der Waals surface area contributed by atoms with Crippen LogP contribution in [-0.2, 0) is 5.41 Å². The first-order valence-electron chi connectivity index (χ1n) is 9.27. The topological polar surface area (TPSA) is 20.2 Å². The van der Waals surface area contributed by atoms with Crippen LogP contribution in [0.5, 0.6) is 0 Å². The standard InChI is InChI=1S/C25H16BO/c27-26-23-15-7-11-19-18-10-3-6-14-22(18)25(24(19)23)20-12-4-1-8-16(20)17-9-2-5-13-21(17)25/h1-15,27H. The number of fused-ring (bicyclic) bond motifs is 10. The van der Waals surface area contributed by atoms with Gasteiger partial charge in [-0.3, -0.25) is 0 Å². The summed E-state index contributed by atoms with van der Waals surface area (Å²) in [6.45, 7) is 0. The number of benzene rings is 4. The van der Waals surface area contributed by atoms with E-state index in [9.17, 15) is 5.02 Å². The molecule has 4 aromatic carbocycles. The molecule has 2 heteroatoms. The van der Waals surface area contributed by atoms with Crippen LogP contribution in [-0.4, -0.2) is 12.5 Å². The van der Waals surface area contributed by atoms with Crippen LogP contribution < -0.4 is 5.46 Å². The fourth-order valence-corrected chi connectivity index (χ4v) is 5.29. The average Bonchev–Trinajstić information content (AvgIpc) is 3.21. The molecule has 4 aromatic rings. The zero-order chi connectivity index (χ0) is 18.0. The molecular formula is C25H16BO. The molecule has 1 radical (unpaired) electrons. The van der Waals surface area contributed by atoms with Crippen LogP contribution >= 0.6 is 0 Å². The molecule has 0 amide bonds. The van der Waals surface area contributed by atoms with Crippen molar-refractivity contribution < 1.29 is 5.02 Å². The minimum absolute atomic E-state index is 0.380. The first-order chi connectivity index (χ1) is 13.4. The molecule has 0 unspecified atom stereocenters. The van der Waals surface area contributed by atoms with Crippen molar-refractivity contribution >= 4 is 12.9 Å². The van der Waals surface area contributed by atoms with E-state index < -0.39 is 0 Å². The van der Waals surface area contributed by atoms with E-state index in [4.69, 9.17) is 0 Å². The SMILES string of the molecule is O[B]c1cccc2c1C1(c3ccccc3-c3ccccc31)c1ccccc1-2. The molecule has 27 heavy (non-hydrogen) atoms. The van der Waals surface area contributed by atoms with Gasteiger partial charge in [0.1, 0.15) is 0 Å². The second-order valence-electron chi connectivity index (χ2n) is 7.29. The van der Waals surface area contributed by atoms with Crippen molar-refractivity contribution in [2.45, 2.75) is 5.41 Å². The molecule has 2 aliphatic carbocycles. The summed E-state index contributed by atoms with van der Waals surface area (Å²) >= 11 is 0. The van der Waals surface area contributed by atoms with Gasteiger partial charge in [0.05, 0.1) is 5.41 Å². The van der Waals surface area contributed by atoms with Crippen molar-refractivity contribution in [2.24, 2.45) is 0 Å². The van der Waals surface area contributed by atoms with Gasteiger partial charge in [-0.1, -0.05) is 91.0 Å². The highest BCUT2D eigenvalue weighted by atomic mass is 16.2. The Morgan fingerprint density at radius 1 is 0.519 bits per heavy atom. The molecule has 0 aromatic heterocycles. The maximum absolute atomic E-state index is 10.1. The largest absolute Gasteiger partial charge is 0.450 e. The van der Waals surface area contributed by atoms with Crippen molar-refractivity contribution in [1.82, 2.24) is 0 Å². The van der Waals surface area contributed by atoms with Gasteiger partial charge >= 0.3 is 7.48 Å². The lowest BCUT2D eigenvalue weighted by atomic mass is 9.66. The Morgan fingerprint density at radius 2 is 0.963 bits per heavy atom. The molecule has 0 atom stereocenters. The first kappa shape index (κ1) is 15.0.